The molecule has 5 nitrogen and oxygen atoms in total. The Hall–Kier alpha value is -1.60. The van der Waals surface area contributed by atoms with Gasteiger partial charge in [0.05, 0.1) is 5.75 Å². The minimum absolute atomic E-state index is 0.206. The van der Waals surface area contributed by atoms with E-state index in [9.17, 15) is 4.79 Å². The fourth-order valence-corrected chi connectivity index (χ4v) is 4.60. The number of carbonyl (C=O) groups excluding carboxylic acids is 1. The zero-order valence-corrected chi connectivity index (χ0v) is 16.3. The minimum Gasteiger partial charge on any atom is -0.339 e. The van der Waals surface area contributed by atoms with Crippen LogP contribution in [0.4, 0.5) is 10.8 Å². The van der Waals surface area contributed by atoms with Gasteiger partial charge in [0.15, 0.2) is 4.34 Å². The summed E-state index contributed by atoms with van der Waals surface area (Å²) in [4.78, 5) is 14.4. The van der Waals surface area contributed by atoms with Crippen LogP contribution in [0.3, 0.4) is 0 Å². The van der Waals surface area contributed by atoms with Gasteiger partial charge in [-0.05, 0) is 50.3 Å². The quantitative estimate of drug-likeness (QED) is 0.760. The first-order valence-electron chi connectivity index (χ1n) is 8.77. The molecule has 1 aliphatic rings. The molecule has 0 spiro atoms. The molecular formula is C18H24N4OS2. The Bertz CT molecular complexity index is 701. The van der Waals surface area contributed by atoms with E-state index in [1.807, 2.05) is 17.0 Å². The van der Waals surface area contributed by atoms with Crippen LogP contribution in [0, 0.1) is 0 Å². The molecule has 2 heterocycles. The molecule has 1 saturated heterocycles. The van der Waals surface area contributed by atoms with Gasteiger partial charge in [0.25, 0.3) is 0 Å². The van der Waals surface area contributed by atoms with Crippen molar-refractivity contribution < 1.29 is 4.79 Å². The molecule has 0 bridgehead atoms. The number of aryl methyl sites for hydroxylation is 1. The third kappa shape index (κ3) is 4.95. The maximum absolute atomic E-state index is 12.4. The van der Waals surface area contributed by atoms with Crippen LogP contribution in [0.2, 0.25) is 0 Å². The summed E-state index contributed by atoms with van der Waals surface area (Å²) >= 11 is 2.96. The van der Waals surface area contributed by atoms with Gasteiger partial charge in [-0.25, -0.2) is 0 Å². The Morgan fingerprint density at radius 3 is 2.84 bits per heavy atom. The third-order valence-electron chi connectivity index (χ3n) is 4.46. The van der Waals surface area contributed by atoms with Crippen molar-refractivity contribution in [3.63, 3.8) is 0 Å². The van der Waals surface area contributed by atoms with E-state index in [1.165, 1.54) is 35.1 Å². The van der Waals surface area contributed by atoms with Gasteiger partial charge in [-0.2, -0.15) is 0 Å². The lowest BCUT2D eigenvalue weighted by atomic mass is 10.0. The highest BCUT2D eigenvalue weighted by atomic mass is 32.2. The predicted octanol–water partition coefficient (Wildman–Crippen LogP) is 4.34. The number of rotatable bonds is 6. The van der Waals surface area contributed by atoms with Gasteiger partial charge in [0.1, 0.15) is 0 Å². The normalized spacial score (nSPS) is 17.5. The Kier molecular flexibility index (Phi) is 6.31. The average Bonchev–Trinajstić information content (AvgIpc) is 3.08. The van der Waals surface area contributed by atoms with E-state index in [0.29, 0.717) is 11.8 Å². The van der Waals surface area contributed by atoms with Gasteiger partial charge in [0.2, 0.25) is 11.0 Å². The predicted molar refractivity (Wildman–Crippen MR) is 105 cm³/mol. The number of benzene rings is 1. The van der Waals surface area contributed by atoms with E-state index in [2.05, 4.69) is 41.5 Å². The van der Waals surface area contributed by atoms with Crippen molar-refractivity contribution >= 4 is 39.8 Å². The molecule has 0 radical (unpaired) electrons. The number of aromatic nitrogens is 2. The topological polar surface area (TPSA) is 58.1 Å². The Labute approximate surface area is 157 Å². The molecule has 1 fully saturated rings. The number of anilines is 2. The highest BCUT2D eigenvalue weighted by molar-refractivity contribution is 8.01. The van der Waals surface area contributed by atoms with Crippen LogP contribution in [0.25, 0.3) is 0 Å². The summed E-state index contributed by atoms with van der Waals surface area (Å²) in [5.41, 5.74) is 2.31. The van der Waals surface area contributed by atoms with E-state index >= 15 is 0 Å². The van der Waals surface area contributed by atoms with Crippen LogP contribution in [-0.2, 0) is 11.2 Å². The van der Waals surface area contributed by atoms with E-state index in [-0.39, 0.29) is 5.91 Å². The number of amides is 1. The first-order valence-corrected chi connectivity index (χ1v) is 10.6. The number of nitrogens with one attached hydrogen (secondary N) is 1. The molecule has 3 rings (SSSR count). The van der Waals surface area contributed by atoms with Crippen molar-refractivity contribution in [3.8, 4) is 0 Å². The molecule has 1 aromatic carbocycles. The lowest BCUT2D eigenvalue weighted by Gasteiger charge is -2.33. The van der Waals surface area contributed by atoms with Crippen LogP contribution in [-0.4, -0.2) is 39.3 Å². The monoisotopic (exact) mass is 376 g/mol. The molecule has 0 saturated carbocycles. The van der Waals surface area contributed by atoms with Gasteiger partial charge in [-0.3, -0.25) is 4.79 Å². The van der Waals surface area contributed by atoms with E-state index < -0.39 is 0 Å². The average molecular weight is 377 g/mol. The number of hydrogen-bond acceptors (Lipinski definition) is 6. The molecule has 1 aromatic heterocycles. The van der Waals surface area contributed by atoms with Crippen molar-refractivity contribution in [1.29, 1.82) is 0 Å². The highest BCUT2D eigenvalue weighted by Crippen LogP contribution is 2.28. The first kappa shape index (κ1) is 18.2. The standard InChI is InChI=1S/C18H24N4OS2/c1-3-14-7-9-15(10-8-14)19-17-20-21-18(25-17)24-12-16(23)22-11-5-4-6-13(22)2/h7-10,13H,3-6,11-12H2,1-2H3,(H,19,20)/t13-/m0/s1. The molecule has 7 heteroatoms. The second kappa shape index (κ2) is 8.67. The van der Waals surface area contributed by atoms with Crippen LogP contribution in [0.1, 0.15) is 38.7 Å². The lowest BCUT2D eigenvalue weighted by Crippen LogP contribution is -2.42. The molecule has 1 amide bonds. The van der Waals surface area contributed by atoms with E-state index in [4.69, 9.17) is 0 Å². The Morgan fingerprint density at radius 2 is 2.12 bits per heavy atom. The van der Waals surface area contributed by atoms with Crippen molar-refractivity contribution in [1.82, 2.24) is 15.1 Å². The number of likely N-dealkylation sites (tertiary alicyclic amines) is 1. The summed E-state index contributed by atoms with van der Waals surface area (Å²) in [5, 5.41) is 12.4. The Balaban J connectivity index is 1.51. The maximum atomic E-state index is 12.4. The fourth-order valence-electron chi connectivity index (χ4n) is 2.94. The zero-order valence-electron chi connectivity index (χ0n) is 14.7. The van der Waals surface area contributed by atoms with Gasteiger partial charge < -0.3 is 10.2 Å². The smallest absolute Gasteiger partial charge is 0.233 e. The molecule has 1 aliphatic heterocycles. The van der Waals surface area contributed by atoms with Gasteiger partial charge in [-0.15, -0.1) is 10.2 Å². The summed E-state index contributed by atoms with van der Waals surface area (Å²) in [6.45, 7) is 5.17. The van der Waals surface area contributed by atoms with Crippen LogP contribution in [0.5, 0.6) is 0 Å². The zero-order chi connectivity index (χ0) is 17.6. The molecule has 25 heavy (non-hydrogen) atoms. The summed E-state index contributed by atoms with van der Waals surface area (Å²) in [6, 6.07) is 8.68. The van der Waals surface area contributed by atoms with Gasteiger partial charge >= 0.3 is 0 Å². The van der Waals surface area contributed by atoms with Crippen molar-refractivity contribution in [3.05, 3.63) is 29.8 Å². The number of piperidine rings is 1. The number of nitrogens with zero attached hydrogens (tertiary/aromatic N) is 3. The first-order chi connectivity index (χ1) is 12.2. The summed E-state index contributed by atoms with van der Waals surface area (Å²) in [6.07, 6.45) is 4.48. The molecule has 0 aliphatic carbocycles. The van der Waals surface area contributed by atoms with Crippen molar-refractivity contribution in [2.75, 3.05) is 17.6 Å². The fraction of sp³-hybridized carbons (Fsp3) is 0.500. The second-order valence-electron chi connectivity index (χ2n) is 6.27. The Morgan fingerprint density at radius 1 is 1.32 bits per heavy atom. The minimum atomic E-state index is 0.206. The highest BCUT2D eigenvalue weighted by Gasteiger charge is 2.23. The molecule has 2 aromatic rings. The largest absolute Gasteiger partial charge is 0.339 e. The summed E-state index contributed by atoms with van der Waals surface area (Å²) in [5.74, 6) is 0.640. The summed E-state index contributed by atoms with van der Waals surface area (Å²) in [7, 11) is 0. The molecule has 1 N–H and O–H groups in total. The second-order valence-corrected chi connectivity index (χ2v) is 8.47. The van der Waals surface area contributed by atoms with Gasteiger partial charge in [0, 0.05) is 18.3 Å². The third-order valence-corrected chi connectivity index (χ3v) is 6.42. The number of carbonyl (C=O) groups is 1. The lowest BCUT2D eigenvalue weighted by molar-refractivity contribution is -0.131. The summed E-state index contributed by atoms with van der Waals surface area (Å²) < 4.78 is 0.825. The van der Waals surface area contributed by atoms with Crippen molar-refractivity contribution in [2.24, 2.45) is 0 Å². The van der Waals surface area contributed by atoms with Crippen LogP contribution >= 0.6 is 23.1 Å². The molecule has 0 unspecified atom stereocenters. The number of hydrogen-bond donors (Lipinski definition) is 1. The molecule has 134 valence electrons. The molecular weight excluding hydrogens is 352 g/mol. The van der Waals surface area contributed by atoms with Crippen molar-refractivity contribution in [2.45, 2.75) is 49.9 Å². The van der Waals surface area contributed by atoms with Crippen LogP contribution < -0.4 is 5.32 Å². The SMILES string of the molecule is CCc1ccc(Nc2nnc(SCC(=O)N3CCCC[C@@H]3C)s2)cc1. The van der Waals surface area contributed by atoms with E-state index in [0.717, 1.165) is 41.0 Å². The van der Waals surface area contributed by atoms with E-state index in [1.54, 1.807) is 0 Å². The maximum Gasteiger partial charge on any atom is 0.233 e. The number of thioether (sulfide) groups is 1. The molecule has 1 atom stereocenters. The van der Waals surface area contributed by atoms with Gasteiger partial charge in [-0.1, -0.05) is 42.2 Å². The van der Waals surface area contributed by atoms with Crippen LogP contribution in [0.15, 0.2) is 28.6 Å².